The summed E-state index contributed by atoms with van der Waals surface area (Å²) < 4.78 is 0. The van der Waals surface area contributed by atoms with Gasteiger partial charge < -0.3 is 16.0 Å². The Kier molecular flexibility index (Phi) is 3.78. The molecule has 1 fully saturated rings. The molecule has 1 atom stereocenters. The zero-order valence-electron chi connectivity index (χ0n) is 10.6. The van der Waals surface area contributed by atoms with Gasteiger partial charge in [0.25, 0.3) is 0 Å². The summed E-state index contributed by atoms with van der Waals surface area (Å²) in [5.41, 5.74) is 5.78. The molecule has 1 saturated carbocycles. The molecule has 5 heteroatoms. The lowest BCUT2D eigenvalue weighted by Crippen LogP contribution is -2.33. The molecule has 0 saturated heterocycles. The summed E-state index contributed by atoms with van der Waals surface area (Å²) in [5.74, 6) is 1.83. The molecule has 1 aliphatic carbocycles. The van der Waals surface area contributed by atoms with E-state index >= 15 is 0 Å². The Morgan fingerprint density at radius 3 is 2.88 bits per heavy atom. The first-order valence-electron chi connectivity index (χ1n) is 6.20. The zero-order chi connectivity index (χ0) is 12.3. The van der Waals surface area contributed by atoms with E-state index in [-0.39, 0.29) is 6.04 Å². The van der Waals surface area contributed by atoms with Crippen LogP contribution < -0.4 is 16.0 Å². The average Bonchev–Trinajstić information content (AvgIpc) is 2.23. The van der Waals surface area contributed by atoms with Crippen LogP contribution >= 0.6 is 0 Å². The fourth-order valence-corrected chi connectivity index (χ4v) is 1.92. The minimum Gasteiger partial charge on any atom is -0.367 e. The van der Waals surface area contributed by atoms with Crippen molar-refractivity contribution >= 4 is 11.6 Å². The standard InChI is InChI=1S/C12H21N5/c1-9(13)7-17(2)12-6-11(14-8-15-12)16-10-4-3-5-10/h6,8-10H,3-5,7,13H2,1-2H3,(H,14,15,16). The van der Waals surface area contributed by atoms with Crippen LogP contribution in [0.4, 0.5) is 11.6 Å². The van der Waals surface area contributed by atoms with Gasteiger partial charge in [-0.15, -0.1) is 0 Å². The van der Waals surface area contributed by atoms with E-state index in [4.69, 9.17) is 5.73 Å². The van der Waals surface area contributed by atoms with Crippen molar-refractivity contribution in [2.24, 2.45) is 5.73 Å². The summed E-state index contributed by atoms with van der Waals surface area (Å²) in [4.78, 5) is 10.6. The maximum atomic E-state index is 5.78. The minimum absolute atomic E-state index is 0.137. The highest BCUT2D eigenvalue weighted by Gasteiger charge is 2.17. The van der Waals surface area contributed by atoms with Crippen molar-refractivity contribution < 1.29 is 0 Å². The van der Waals surface area contributed by atoms with Crippen LogP contribution in [-0.2, 0) is 0 Å². The maximum Gasteiger partial charge on any atom is 0.133 e. The fourth-order valence-electron chi connectivity index (χ4n) is 1.92. The summed E-state index contributed by atoms with van der Waals surface area (Å²) in [6, 6.07) is 2.72. The van der Waals surface area contributed by atoms with Gasteiger partial charge in [0.05, 0.1) is 0 Å². The first-order chi connectivity index (χ1) is 8.15. The Morgan fingerprint density at radius 2 is 2.29 bits per heavy atom. The van der Waals surface area contributed by atoms with Crippen LogP contribution in [0.2, 0.25) is 0 Å². The Hall–Kier alpha value is -1.36. The van der Waals surface area contributed by atoms with Gasteiger partial charge in [-0.05, 0) is 26.2 Å². The van der Waals surface area contributed by atoms with Crippen LogP contribution in [0.3, 0.4) is 0 Å². The van der Waals surface area contributed by atoms with Crippen LogP contribution in [0.5, 0.6) is 0 Å². The molecule has 2 rings (SSSR count). The zero-order valence-corrected chi connectivity index (χ0v) is 10.6. The smallest absolute Gasteiger partial charge is 0.133 e. The second-order valence-electron chi connectivity index (χ2n) is 4.89. The molecule has 1 unspecified atom stereocenters. The number of aromatic nitrogens is 2. The van der Waals surface area contributed by atoms with Gasteiger partial charge in [-0.3, -0.25) is 0 Å². The second kappa shape index (κ2) is 5.31. The molecule has 5 nitrogen and oxygen atoms in total. The van der Waals surface area contributed by atoms with E-state index in [0.717, 1.165) is 18.2 Å². The molecule has 0 bridgehead atoms. The molecule has 94 valence electrons. The van der Waals surface area contributed by atoms with Crippen LogP contribution in [0, 0.1) is 0 Å². The van der Waals surface area contributed by atoms with Crippen LogP contribution in [0.25, 0.3) is 0 Å². The molecule has 0 aliphatic heterocycles. The lowest BCUT2D eigenvalue weighted by Gasteiger charge is -2.27. The predicted molar refractivity (Wildman–Crippen MR) is 70.2 cm³/mol. The van der Waals surface area contributed by atoms with E-state index in [1.165, 1.54) is 19.3 Å². The molecule has 17 heavy (non-hydrogen) atoms. The summed E-state index contributed by atoms with van der Waals surface area (Å²) in [7, 11) is 2.00. The number of nitrogens with zero attached hydrogens (tertiary/aromatic N) is 3. The molecule has 1 aliphatic rings. The number of anilines is 2. The van der Waals surface area contributed by atoms with Crippen LogP contribution in [-0.4, -0.2) is 35.6 Å². The summed E-state index contributed by atoms with van der Waals surface area (Å²) >= 11 is 0. The first kappa shape index (κ1) is 12.1. The Labute approximate surface area is 102 Å². The molecule has 0 aromatic carbocycles. The SMILES string of the molecule is CC(N)CN(C)c1cc(NC2CCC2)ncn1. The van der Waals surface area contributed by atoms with E-state index in [9.17, 15) is 0 Å². The quantitative estimate of drug-likeness (QED) is 0.803. The van der Waals surface area contributed by atoms with Crippen molar-refractivity contribution in [2.45, 2.75) is 38.3 Å². The summed E-state index contributed by atoms with van der Waals surface area (Å²) in [6.45, 7) is 2.78. The van der Waals surface area contributed by atoms with E-state index < -0.39 is 0 Å². The molecule has 0 spiro atoms. The van der Waals surface area contributed by atoms with Gasteiger partial charge in [0.2, 0.25) is 0 Å². The predicted octanol–water partition coefficient (Wildman–Crippen LogP) is 1.22. The van der Waals surface area contributed by atoms with Gasteiger partial charge >= 0.3 is 0 Å². The summed E-state index contributed by atoms with van der Waals surface area (Å²) in [6.07, 6.45) is 5.41. The largest absolute Gasteiger partial charge is 0.367 e. The molecule has 0 radical (unpaired) electrons. The monoisotopic (exact) mass is 235 g/mol. The Bertz CT molecular complexity index is 362. The van der Waals surface area contributed by atoms with Crippen LogP contribution in [0.1, 0.15) is 26.2 Å². The van der Waals surface area contributed by atoms with Crippen molar-refractivity contribution in [3.05, 3.63) is 12.4 Å². The third-order valence-corrected chi connectivity index (χ3v) is 3.06. The molecule has 1 aromatic heterocycles. The van der Waals surface area contributed by atoms with Crippen LogP contribution in [0.15, 0.2) is 12.4 Å². The lowest BCUT2D eigenvalue weighted by molar-refractivity contribution is 0.444. The Morgan fingerprint density at radius 1 is 1.53 bits per heavy atom. The number of rotatable bonds is 5. The molecule has 0 amide bonds. The number of hydrogen-bond acceptors (Lipinski definition) is 5. The van der Waals surface area contributed by atoms with E-state index in [0.29, 0.717) is 6.04 Å². The second-order valence-corrected chi connectivity index (χ2v) is 4.89. The highest BCUT2D eigenvalue weighted by molar-refractivity contribution is 5.48. The van der Waals surface area contributed by atoms with E-state index in [1.807, 2.05) is 20.0 Å². The van der Waals surface area contributed by atoms with Crippen molar-refractivity contribution in [3.8, 4) is 0 Å². The van der Waals surface area contributed by atoms with Gasteiger partial charge in [-0.1, -0.05) is 0 Å². The van der Waals surface area contributed by atoms with E-state index in [1.54, 1.807) is 6.33 Å². The van der Waals surface area contributed by atoms with Gasteiger partial charge in [0.15, 0.2) is 0 Å². The molecule has 1 heterocycles. The Balaban J connectivity index is 1.99. The third-order valence-electron chi connectivity index (χ3n) is 3.06. The normalized spacial score (nSPS) is 17.4. The van der Waals surface area contributed by atoms with E-state index in [2.05, 4.69) is 20.2 Å². The highest BCUT2D eigenvalue weighted by Crippen LogP contribution is 2.23. The highest BCUT2D eigenvalue weighted by atomic mass is 15.2. The van der Waals surface area contributed by atoms with Crippen molar-refractivity contribution in [1.82, 2.24) is 9.97 Å². The van der Waals surface area contributed by atoms with Gasteiger partial charge in [-0.25, -0.2) is 9.97 Å². The minimum atomic E-state index is 0.137. The molecule has 3 N–H and O–H groups in total. The number of nitrogens with two attached hydrogens (primary N) is 1. The van der Waals surface area contributed by atoms with Crippen molar-refractivity contribution in [1.29, 1.82) is 0 Å². The lowest BCUT2D eigenvalue weighted by atomic mass is 9.93. The maximum absolute atomic E-state index is 5.78. The summed E-state index contributed by atoms with van der Waals surface area (Å²) in [5, 5.41) is 3.42. The van der Waals surface area contributed by atoms with Gasteiger partial charge in [0, 0.05) is 31.7 Å². The van der Waals surface area contributed by atoms with Crippen molar-refractivity contribution in [3.63, 3.8) is 0 Å². The average molecular weight is 235 g/mol. The molecule has 1 aromatic rings. The fraction of sp³-hybridized carbons (Fsp3) is 0.667. The molecular formula is C12H21N5. The molecular weight excluding hydrogens is 214 g/mol. The number of nitrogens with one attached hydrogen (secondary N) is 1. The topological polar surface area (TPSA) is 67.1 Å². The number of likely N-dealkylation sites (N-methyl/N-ethyl adjacent to an activating group) is 1. The van der Waals surface area contributed by atoms with Gasteiger partial charge in [0.1, 0.15) is 18.0 Å². The van der Waals surface area contributed by atoms with Crippen molar-refractivity contribution in [2.75, 3.05) is 23.8 Å². The third kappa shape index (κ3) is 3.30. The first-order valence-corrected chi connectivity index (χ1v) is 6.20. The van der Waals surface area contributed by atoms with Gasteiger partial charge in [-0.2, -0.15) is 0 Å². The number of hydrogen-bond donors (Lipinski definition) is 2.